The summed E-state index contributed by atoms with van der Waals surface area (Å²) in [6.45, 7) is 0. The van der Waals surface area contributed by atoms with E-state index in [1.807, 2.05) is 60.7 Å². The van der Waals surface area contributed by atoms with Gasteiger partial charge in [0.05, 0.1) is 18.1 Å². The van der Waals surface area contributed by atoms with Crippen molar-refractivity contribution in [2.45, 2.75) is 0 Å². The molecule has 0 spiro atoms. The number of carbonyl (C=O) groups excluding carboxylic acids is 1. The Labute approximate surface area is 156 Å². The van der Waals surface area contributed by atoms with E-state index in [9.17, 15) is 4.79 Å². The summed E-state index contributed by atoms with van der Waals surface area (Å²) in [7, 11) is 1.59. The molecule has 0 fully saturated rings. The zero-order valence-corrected chi connectivity index (χ0v) is 14.7. The SMILES string of the molecule is COc1cccc(NC(=O)Nc2ccc(-c3nc4ccccc4[nH]3)cc2)c1. The topological polar surface area (TPSA) is 79.0 Å². The molecular formula is C21H18N4O2. The summed E-state index contributed by atoms with van der Waals surface area (Å²) in [5.74, 6) is 1.48. The summed E-state index contributed by atoms with van der Waals surface area (Å²) in [4.78, 5) is 20.0. The normalized spacial score (nSPS) is 10.6. The molecule has 0 radical (unpaired) electrons. The van der Waals surface area contributed by atoms with Crippen LogP contribution in [-0.2, 0) is 0 Å². The van der Waals surface area contributed by atoms with Gasteiger partial charge in [-0.05, 0) is 48.5 Å². The van der Waals surface area contributed by atoms with E-state index in [0.29, 0.717) is 17.1 Å². The number of nitrogens with one attached hydrogen (secondary N) is 3. The van der Waals surface area contributed by atoms with E-state index in [1.165, 1.54) is 0 Å². The second kappa shape index (κ2) is 7.21. The number of ether oxygens (including phenoxy) is 1. The molecule has 0 aliphatic carbocycles. The van der Waals surface area contributed by atoms with Gasteiger partial charge in [-0.15, -0.1) is 0 Å². The van der Waals surface area contributed by atoms with Gasteiger partial charge in [0, 0.05) is 23.0 Å². The number of benzene rings is 3. The summed E-state index contributed by atoms with van der Waals surface area (Å²) in [5, 5.41) is 5.59. The number of nitrogens with zero attached hydrogens (tertiary/aromatic N) is 1. The summed E-state index contributed by atoms with van der Waals surface area (Å²) in [6, 6.07) is 22.3. The molecule has 1 heterocycles. The number of aromatic nitrogens is 2. The van der Waals surface area contributed by atoms with E-state index in [4.69, 9.17) is 4.74 Å². The predicted molar refractivity (Wildman–Crippen MR) is 107 cm³/mol. The molecule has 2 amide bonds. The molecule has 6 nitrogen and oxygen atoms in total. The second-order valence-electron chi connectivity index (χ2n) is 5.99. The maximum absolute atomic E-state index is 12.2. The fourth-order valence-corrected chi connectivity index (χ4v) is 2.80. The number of H-pyrrole nitrogens is 1. The minimum atomic E-state index is -0.320. The number of methoxy groups -OCH3 is 1. The van der Waals surface area contributed by atoms with Crippen LogP contribution >= 0.6 is 0 Å². The van der Waals surface area contributed by atoms with E-state index in [2.05, 4.69) is 20.6 Å². The Kier molecular flexibility index (Phi) is 4.45. The lowest BCUT2D eigenvalue weighted by atomic mass is 10.2. The fraction of sp³-hybridized carbons (Fsp3) is 0.0476. The Morgan fingerprint density at radius 1 is 0.926 bits per heavy atom. The number of hydrogen-bond acceptors (Lipinski definition) is 3. The van der Waals surface area contributed by atoms with Gasteiger partial charge in [0.15, 0.2) is 0 Å². The average Bonchev–Trinajstić information content (AvgIpc) is 3.13. The van der Waals surface area contributed by atoms with Gasteiger partial charge in [0.1, 0.15) is 11.6 Å². The quantitative estimate of drug-likeness (QED) is 0.486. The zero-order valence-electron chi connectivity index (χ0n) is 14.7. The van der Waals surface area contributed by atoms with Crippen LogP contribution in [0, 0.1) is 0 Å². The van der Waals surface area contributed by atoms with Crippen molar-refractivity contribution in [2.75, 3.05) is 17.7 Å². The smallest absolute Gasteiger partial charge is 0.323 e. The Balaban J connectivity index is 1.44. The highest BCUT2D eigenvalue weighted by atomic mass is 16.5. The molecule has 0 aliphatic rings. The Morgan fingerprint density at radius 3 is 2.48 bits per heavy atom. The molecule has 0 atom stereocenters. The van der Waals surface area contributed by atoms with E-state index >= 15 is 0 Å². The second-order valence-corrected chi connectivity index (χ2v) is 5.99. The van der Waals surface area contributed by atoms with Crippen molar-refractivity contribution in [3.05, 3.63) is 72.8 Å². The van der Waals surface area contributed by atoms with Crippen LogP contribution in [0.15, 0.2) is 72.8 Å². The van der Waals surface area contributed by atoms with Gasteiger partial charge in [0.25, 0.3) is 0 Å². The third kappa shape index (κ3) is 3.74. The molecular weight excluding hydrogens is 340 g/mol. The lowest BCUT2D eigenvalue weighted by molar-refractivity contribution is 0.262. The number of imidazole rings is 1. The van der Waals surface area contributed by atoms with Crippen molar-refractivity contribution < 1.29 is 9.53 Å². The summed E-state index contributed by atoms with van der Waals surface area (Å²) < 4.78 is 5.15. The Morgan fingerprint density at radius 2 is 1.70 bits per heavy atom. The van der Waals surface area contributed by atoms with Crippen molar-refractivity contribution in [1.82, 2.24) is 9.97 Å². The van der Waals surface area contributed by atoms with Crippen LogP contribution in [0.1, 0.15) is 0 Å². The highest BCUT2D eigenvalue weighted by Gasteiger charge is 2.07. The maximum Gasteiger partial charge on any atom is 0.323 e. The first kappa shape index (κ1) is 16.7. The number of anilines is 2. The van der Waals surface area contributed by atoms with E-state index in [1.54, 1.807) is 19.2 Å². The molecule has 4 aromatic rings. The maximum atomic E-state index is 12.2. The number of hydrogen-bond donors (Lipinski definition) is 3. The molecule has 1 aromatic heterocycles. The van der Waals surface area contributed by atoms with Crippen molar-refractivity contribution in [1.29, 1.82) is 0 Å². The van der Waals surface area contributed by atoms with Gasteiger partial charge >= 0.3 is 6.03 Å². The molecule has 3 aromatic carbocycles. The van der Waals surface area contributed by atoms with E-state index in [-0.39, 0.29) is 6.03 Å². The summed E-state index contributed by atoms with van der Waals surface area (Å²) >= 11 is 0. The van der Waals surface area contributed by atoms with E-state index < -0.39 is 0 Å². The van der Waals surface area contributed by atoms with Crippen molar-refractivity contribution in [2.24, 2.45) is 0 Å². The first-order chi connectivity index (χ1) is 13.2. The standard InChI is InChI=1S/C21H18N4O2/c1-27-17-6-4-5-16(13-17)23-21(26)22-15-11-9-14(10-12-15)20-24-18-7-2-3-8-19(18)25-20/h2-13H,1H3,(H,24,25)(H2,22,23,26). The van der Waals surface area contributed by atoms with Crippen molar-refractivity contribution in [3.8, 4) is 17.1 Å². The summed E-state index contributed by atoms with van der Waals surface area (Å²) in [6.07, 6.45) is 0. The zero-order chi connectivity index (χ0) is 18.6. The number of carbonyl (C=O) groups is 1. The molecule has 4 rings (SSSR count). The Hall–Kier alpha value is -3.80. The number of rotatable bonds is 4. The molecule has 0 unspecified atom stereocenters. The van der Waals surface area contributed by atoms with Crippen LogP contribution in [-0.4, -0.2) is 23.1 Å². The first-order valence-corrected chi connectivity index (χ1v) is 8.48. The fourth-order valence-electron chi connectivity index (χ4n) is 2.80. The minimum Gasteiger partial charge on any atom is -0.497 e. The number of para-hydroxylation sites is 2. The van der Waals surface area contributed by atoms with Crippen molar-refractivity contribution >= 4 is 28.4 Å². The molecule has 3 N–H and O–H groups in total. The summed E-state index contributed by atoms with van der Waals surface area (Å²) in [5.41, 5.74) is 4.21. The van der Waals surface area contributed by atoms with Gasteiger partial charge in [-0.1, -0.05) is 18.2 Å². The van der Waals surface area contributed by atoms with E-state index in [0.717, 1.165) is 22.4 Å². The Bertz CT molecular complexity index is 1050. The third-order valence-corrected chi connectivity index (χ3v) is 4.13. The first-order valence-electron chi connectivity index (χ1n) is 8.48. The van der Waals surface area contributed by atoms with Gasteiger partial charge < -0.3 is 20.4 Å². The highest BCUT2D eigenvalue weighted by molar-refractivity contribution is 6.00. The molecule has 134 valence electrons. The molecule has 27 heavy (non-hydrogen) atoms. The van der Waals surface area contributed by atoms with Crippen LogP contribution in [0.2, 0.25) is 0 Å². The number of aromatic amines is 1. The number of urea groups is 1. The van der Waals surface area contributed by atoms with Crippen LogP contribution in [0.5, 0.6) is 5.75 Å². The lowest BCUT2D eigenvalue weighted by Crippen LogP contribution is -2.19. The van der Waals surface area contributed by atoms with Gasteiger partial charge in [0.2, 0.25) is 0 Å². The predicted octanol–water partition coefficient (Wildman–Crippen LogP) is 4.88. The number of fused-ring (bicyclic) bond motifs is 1. The third-order valence-electron chi connectivity index (χ3n) is 4.13. The van der Waals surface area contributed by atoms with Crippen LogP contribution in [0.4, 0.5) is 16.2 Å². The van der Waals surface area contributed by atoms with Crippen LogP contribution in [0.25, 0.3) is 22.4 Å². The van der Waals surface area contributed by atoms with Gasteiger partial charge in [-0.25, -0.2) is 9.78 Å². The molecule has 0 bridgehead atoms. The molecule has 0 aliphatic heterocycles. The largest absolute Gasteiger partial charge is 0.497 e. The monoisotopic (exact) mass is 358 g/mol. The van der Waals surface area contributed by atoms with Crippen LogP contribution < -0.4 is 15.4 Å². The molecule has 0 saturated heterocycles. The van der Waals surface area contributed by atoms with Gasteiger partial charge in [-0.3, -0.25) is 0 Å². The lowest BCUT2D eigenvalue weighted by Gasteiger charge is -2.09. The minimum absolute atomic E-state index is 0.320. The average molecular weight is 358 g/mol. The molecule has 6 heteroatoms. The van der Waals surface area contributed by atoms with Gasteiger partial charge in [-0.2, -0.15) is 0 Å². The van der Waals surface area contributed by atoms with Crippen molar-refractivity contribution in [3.63, 3.8) is 0 Å². The van der Waals surface area contributed by atoms with Crippen LogP contribution in [0.3, 0.4) is 0 Å². The molecule has 0 saturated carbocycles. The number of amides is 2. The highest BCUT2D eigenvalue weighted by Crippen LogP contribution is 2.22.